The molecule has 0 bridgehead atoms. The Kier molecular flexibility index (Phi) is 4.16. The van der Waals surface area contributed by atoms with E-state index in [0.29, 0.717) is 11.3 Å². The van der Waals surface area contributed by atoms with Crippen molar-refractivity contribution in [2.45, 2.75) is 31.5 Å². The average Bonchev–Trinajstić information content (AvgIpc) is 2.40. The van der Waals surface area contributed by atoms with E-state index >= 15 is 0 Å². The van der Waals surface area contributed by atoms with Crippen LogP contribution in [-0.2, 0) is 4.74 Å². The van der Waals surface area contributed by atoms with Crippen LogP contribution in [-0.4, -0.2) is 52.2 Å². The summed E-state index contributed by atoms with van der Waals surface area (Å²) in [6, 6.07) is 6.69. The fraction of sp³-hybridized carbons (Fsp3) is 0.462. The molecule has 2 rings (SSSR count). The van der Waals surface area contributed by atoms with Gasteiger partial charge in [-0.2, -0.15) is 0 Å². The lowest BCUT2D eigenvalue weighted by molar-refractivity contribution is -0.178. The minimum atomic E-state index is -1.25. The molecular formula is C13H17NO5. The Labute approximate surface area is 110 Å². The van der Waals surface area contributed by atoms with Crippen molar-refractivity contribution in [3.63, 3.8) is 0 Å². The van der Waals surface area contributed by atoms with Crippen molar-refractivity contribution >= 4 is 11.5 Å². The number of nitrogens with one attached hydrogen (secondary N) is 1. The van der Waals surface area contributed by atoms with Gasteiger partial charge in [-0.3, -0.25) is 4.79 Å². The van der Waals surface area contributed by atoms with Crippen molar-refractivity contribution in [2.24, 2.45) is 0 Å². The summed E-state index contributed by atoms with van der Waals surface area (Å²) in [5.41, 5.74) is 1.24. The van der Waals surface area contributed by atoms with Gasteiger partial charge in [-0.05, 0) is 31.2 Å². The number of rotatable bonds is 3. The fourth-order valence-electron chi connectivity index (χ4n) is 1.90. The number of carbonyl (C=O) groups excluding carboxylic acids is 1. The predicted octanol–water partition coefficient (Wildman–Crippen LogP) is -0.260. The Morgan fingerprint density at radius 1 is 1.21 bits per heavy atom. The van der Waals surface area contributed by atoms with Gasteiger partial charge in [0, 0.05) is 11.3 Å². The average molecular weight is 267 g/mol. The maximum atomic E-state index is 11.1. The molecule has 0 radical (unpaired) electrons. The highest BCUT2D eigenvalue weighted by Crippen LogP contribution is 2.19. The molecule has 4 N–H and O–H groups in total. The first kappa shape index (κ1) is 14.0. The summed E-state index contributed by atoms with van der Waals surface area (Å²) < 4.78 is 5.22. The smallest absolute Gasteiger partial charge is 0.159 e. The molecule has 1 saturated heterocycles. The van der Waals surface area contributed by atoms with Gasteiger partial charge < -0.3 is 25.4 Å². The van der Waals surface area contributed by atoms with E-state index in [4.69, 9.17) is 4.74 Å². The summed E-state index contributed by atoms with van der Waals surface area (Å²) >= 11 is 0. The van der Waals surface area contributed by atoms with Crippen LogP contribution < -0.4 is 5.32 Å². The minimum Gasteiger partial charge on any atom is -0.388 e. The van der Waals surface area contributed by atoms with Crippen LogP contribution in [0.25, 0.3) is 0 Å². The Bertz CT molecular complexity index is 447. The van der Waals surface area contributed by atoms with Crippen LogP contribution in [0.5, 0.6) is 0 Å². The van der Waals surface area contributed by atoms with Crippen LogP contribution >= 0.6 is 0 Å². The van der Waals surface area contributed by atoms with Crippen molar-refractivity contribution in [3.8, 4) is 0 Å². The number of hydrogen-bond donors (Lipinski definition) is 4. The zero-order valence-electron chi connectivity index (χ0n) is 10.5. The van der Waals surface area contributed by atoms with E-state index in [0.717, 1.165) is 0 Å². The first-order valence-corrected chi connectivity index (χ1v) is 6.02. The Morgan fingerprint density at radius 3 is 2.42 bits per heavy atom. The third-order valence-electron chi connectivity index (χ3n) is 3.10. The number of aliphatic hydroxyl groups is 3. The van der Waals surface area contributed by atoms with E-state index in [2.05, 4.69) is 5.32 Å². The van der Waals surface area contributed by atoms with Gasteiger partial charge in [0.25, 0.3) is 0 Å². The highest BCUT2D eigenvalue weighted by Gasteiger charge is 2.37. The zero-order chi connectivity index (χ0) is 14.0. The van der Waals surface area contributed by atoms with Gasteiger partial charge >= 0.3 is 0 Å². The van der Waals surface area contributed by atoms with E-state index in [1.165, 1.54) is 6.92 Å². The van der Waals surface area contributed by atoms with E-state index < -0.39 is 24.5 Å². The number of aliphatic hydroxyl groups excluding tert-OH is 3. The van der Waals surface area contributed by atoms with Crippen molar-refractivity contribution in [1.82, 2.24) is 0 Å². The van der Waals surface area contributed by atoms with Crippen molar-refractivity contribution in [1.29, 1.82) is 0 Å². The molecular weight excluding hydrogens is 250 g/mol. The molecule has 0 aliphatic carbocycles. The Morgan fingerprint density at radius 2 is 1.84 bits per heavy atom. The predicted molar refractivity (Wildman–Crippen MR) is 67.8 cm³/mol. The van der Waals surface area contributed by atoms with E-state index in [9.17, 15) is 20.1 Å². The summed E-state index contributed by atoms with van der Waals surface area (Å²) in [6.45, 7) is 1.43. The lowest BCUT2D eigenvalue weighted by atomic mass is 10.0. The maximum absolute atomic E-state index is 11.1. The lowest BCUT2D eigenvalue weighted by Crippen LogP contribution is -2.55. The Hall–Kier alpha value is -1.47. The number of benzene rings is 1. The standard InChI is InChI=1S/C13H17NO5/c1-7(15)8-2-4-9(5-3-8)14-13-12(18)11(17)10(16)6-19-13/h2-5,10-14,16-18H,6H2,1H3/t10-,11?,12?,13+/m0/s1. The Balaban J connectivity index is 2.03. The molecule has 1 aromatic carbocycles. The second-order valence-electron chi connectivity index (χ2n) is 4.58. The SMILES string of the molecule is CC(=O)c1ccc(N[C@@H]2OC[C@H](O)C(O)C2O)cc1. The topological polar surface area (TPSA) is 99.0 Å². The second-order valence-corrected chi connectivity index (χ2v) is 4.58. The van der Waals surface area contributed by atoms with Crippen LogP contribution in [0.3, 0.4) is 0 Å². The fourth-order valence-corrected chi connectivity index (χ4v) is 1.90. The van der Waals surface area contributed by atoms with E-state index in [1.54, 1.807) is 24.3 Å². The number of anilines is 1. The molecule has 1 aromatic rings. The molecule has 1 aliphatic rings. The van der Waals surface area contributed by atoms with Crippen LogP contribution in [0, 0.1) is 0 Å². The molecule has 104 valence electrons. The summed E-state index contributed by atoms with van der Waals surface area (Å²) in [5.74, 6) is -0.0287. The highest BCUT2D eigenvalue weighted by molar-refractivity contribution is 5.94. The maximum Gasteiger partial charge on any atom is 0.159 e. The van der Waals surface area contributed by atoms with Gasteiger partial charge in [0.2, 0.25) is 0 Å². The molecule has 0 saturated carbocycles. The molecule has 0 spiro atoms. The van der Waals surface area contributed by atoms with Gasteiger partial charge in [0.15, 0.2) is 12.0 Å². The van der Waals surface area contributed by atoms with Crippen LogP contribution in [0.1, 0.15) is 17.3 Å². The van der Waals surface area contributed by atoms with Crippen molar-refractivity contribution in [3.05, 3.63) is 29.8 Å². The van der Waals surface area contributed by atoms with Crippen LogP contribution in [0.15, 0.2) is 24.3 Å². The molecule has 6 nitrogen and oxygen atoms in total. The molecule has 1 heterocycles. The van der Waals surface area contributed by atoms with Crippen LogP contribution in [0.2, 0.25) is 0 Å². The van der Waals surface area contributed by atoms with Gasteiger partial charge in [0.1, 0.15) is 18.3 Å². The minimum absolute atomic E-state index is 0.0287. The third kappa shape index (κ3) is 3.10. The van der Waals surface area contributed by atoms with Gasteiger partial charge in [-0.1, -0.05) is 0 Å². The lowest BCUT2D eigenvalue weighted by Gasteiger charge is -2.35. The molecule has 1 aliphatic heterocycles. The molecule has 1 fully saturated rings. The van der Waals surface area contributed by atoms with Gasteiger partial charge in [0.05, 0.1) is 6.61 Å². The number of Topliss-reactive ketones (excluding diaryl/α,β-unsaturated/α-hetero) is 1. The first-order chi connectivity index (χ1) is 8.99. The first-order valence-electron chi connectivity index (χ1n) is 6.02. The number of carbonyl (C=O) groups is 1. The largest absolute Gasteiger partial charge is 0.388 e. The monoisotopic (exact) mass is 267 g/mol. The highest BCUT2D eigenvalue weighted by atomic mass is 16.5. The molecule has 19 heavy (non-hydrogen) atoms. The molecule has 6 heteroatoms. The molecule has 0 aromatic heterocycles. The van der Waals surface area contributed by atoms with Crippen molar-refractivity contribution in [2.75, 3.05) is 11.9 Å². The van der Waals surface area contributed by atoms with Gasteiger partial charge in [-0.25, -0.2) is 0 Å². The molecule has 2 unspecified atom stereocenters. The summed E-state index contributed by atoms with van der Waals surface area (Å²) in [7, 11) is 0. The number of ketones is 1. The van der Waals surface area contributed by atoms with E-state index in [-0.39, 0.29) is 12.4 Å². The second kappa shape index (κ2) is 5.66. The molecule has 4 atom stereocenters. The number of hydrogen-bond acceptors (Lipinski definition) is 6. The quantitative estimate of drug-likeness (QED) is 0.563. The van der Waals surface area contributed by atoms with Gasteiger partial charge in [-0.15, -0.1) is 0 Å². The van der Waals surface area contributed by atoms with Crippen molar-refractivity contribution < 1.29 is 24.9 Å². The van der Waals surface area contributed by atoms with Crippen LogP contribution in [0.4, 0.5) is 5.69 Å². The summed E-state index contributed by atoms with van der Waals surface area (Å²) in [4.78, 5) is 11.1. The number of ether oxygens (including phenoxy) is 1. The zero-order valence-corrected chi connectivity index (χ0v) is 10.5. The molecule has 0 amide bonds. The van der Waals surface area contributed by atoms with E-state index in [1.807, 2.05) is 0 Å². The third-order valence-corrected chi connectivity index (χ3v) is 3.10. The summed E-state index contributed by atoms with van der Waals surface area (Å²) in [5, 5.41) is 31.5. The normalized spacial score (nSPS) is 30.9. The summed E-state index contributed by atoms with van der Waals surface area (Å²) in [6.07, 6.45) is -4.37.